The van der Waals surface area contributed by atoms with Gasteiger partial charge in [-0.2, -0.15) is 0 Å². The molecule has 0 aromatic carbocycles. The lowest BCUT2D eigenvalue weighted by Gasteiger charge is -2.51. The minimum atomic E-state index is -3.06. The smallest absolute Gasteiger partial charge is 0.364 e. The van der Waals surface area contributed by atoms with Crippen LogP contribution < -0.4 is 16.0 Å². The van der Waals surface area contributed by atoms with E-state index in [1.54, 1.807) is 0 Å². The number of carbonyl (C=O) groups is 4. The van der Waals surface area contributed by atoms with Gasteiger partial charge < -0.3 is 210 Å². The van der Waals surface area contributed by atoms with Crippen LogP contribution in [0.2, 0.25) is 0 Å². The summed E-state index contributed by atoms with van der Waals surface area (Å²) in [6.45, 7) is -3.70. The normalized spacial score (nSPS) is 48.3. The highest BCUT2D eigenvalue weighted by Gasteiger charge is 2.61. The maximum absolute atomic E-state index is 13.2. The molecule has 46 heteroatoms. The first-order valence-corrected chi connectivity index (χ1v) is 32.6. The lowest BCUT2D eigenvalue weighted by atomic mass is 9.88. The Balaban J connectivity index is 1.08. The Morgan fingerprint density at radius 2 is 0.845 bits per heavy atom. The number of amides is 3. The Morgan fingerprint density at radius 3 is 1.39 bits per heavy atom. The molecule has 2 unspecified atom stereocenters. The van der Waals surface area contributed by atoms with Crippen LogP contribution >= 0.6 is 0 Å². The van der Waals surface area contributed by atoms with Crippen molar-refractivity contribution in [2.75, 3.05) is 46.2 Å². The zero-order valence-electron chi connectivity index (χ0n) is 55.2. The summed E-state index contributed by atoms with van der Waals surface area (Å²) in [6, 6.07) is -5.53. The summed E-state index contributed by atoms with van der Waals surface area (Å²) in [5.74, 6) is -7.83. The lowest BCUT2D eigenvalue weighted by molar-refractivity contribution is -0.388. The number of carboxylic acids is 1. The number of hydrogen-bond acceptors (Lipinski definition) is 42. The first-order valence-electron chi connectivity index (χ1n) is 32.6. The van der Waals surface area contributed by atoms with Crippen LogP contribution in [0.25, 0.3) is 0 Å². The predicted molar refractivity (Wildman–Crippen MR) is 315 cm³/mol. The van der Waals surface area contributed by atoms with Gasteiger partial charge in [0.25, 0.3) is 5.79 Å². The molecular formula is C57H95N3O43. The van der Waals surface area contributed by atoms with Crippen LogP contribution in [0.4, 0.5) is 0 Å². The Labute approximate surface area is 582 Å². The lowest BCUT2D eigenvalue weighted by Crippen LogP contribution is -2.70. The predicted octanol–water partition coefficient (Wildman–Crippen LogP) is -17.8. The van der Waals surface area contributed by atoms with Crippen molar-refractivity contribution in [1.82, 2.24) is 16.0 Å². The molecule has 8 aliphatic heterocycles. The number of carbonyl (C=O) groups excluding carboxylic acids is 3. The van der Waals surface area contributed by atoms with Gasteiger partial charge in [0.2, 0.25) is 17.7 Å². The Morgan fingerprint density at radius 1 is 0.417 bits per heavy atom. The molecular weight excluding hydrogens is 1410 g/mol. The SMILES string of the molecule is CC(=O)N[C@H]1[C@H](O[C@H]2[C@@H](O)[C@@H](CO[C@@H]3O[C@H](CO)[C@@H](OC4O[C@H](CO)[C@H](O)[C@H](O)[C@H]4O)[C@H](O[C@@H]4O[C@@H](C)[C@@H](O)[C@@H](O)[C@@H]4O)[C@H]3NC(C)=O)O[C@@H](O[C@H]3[C@H](O)[C@@H](O)C(O)O[C@@H]3CO)[C@@H]2O)O[C@H](CO)[C@@H](O[C@@H]2O[C@H](CO[C@]3(C(=O)O)C[C@H](O)[C@@H](NC(C)=O)[C@H]([C@H](O)[C@H](O)CO)O3)[C@H](O)[C@H](O)[C@H]2O)[C@@H]1O. The highest BCUT2D eigenvalue weighted by atomic mass is 16.8. The van der Waals surface area contributed by atoms with E-state index in [9.17, 15) is 142 Å². The first kappa shape index (κ1) is 85.0. The average Bonchev–Trinajstić information content (AvgIpc) is 0.774. The van der Waals surface area contributed by atoms with Gasteiger partial charge in [-0.1, -0.05) is 0 Å². The summed E-state index contributed by atoms with van der Waals surface area (Å²) in [4.78, 5) is 51.3. The maximum Gasteiger partial charge on any atom is 0.364 e. The fraction of sp³-hybridized carbons (Fsp3) is 0.930. The summed E-state index contributed by atoms with van der Waals surface area (Å²) in [7, 11) is 0. The van der Waals surface area contributed by atoms with E-state index in [4.69, 9.17) is 71.1 Å². The van der Waals surface area contributed by atoms with Crippen LogP contribution in [-0.4, -0.2) is 444 Å². The van der Waals surface area contributed by atoms with Crippen molar-refractivity contribution in [3.63, 3.8) is 0 Å². The third kappa shape index (κ3) is 18.6. The van der Waals surface area contributed by atoms with Crippen LogP contribution in [0.3, 0.4) is 0 Å². The van der Waals surface area contributed by atoms with Gasteiger partial charge in [0.15, 0.2) is 44.0 Å². The van der Waals surface area contributed by atoms with E-state index in [1.807, 2.05) is 0 Å². The van der Waals surface area contributed by atoms with E-state index in [0.29, 0.717) is 0 Å². The minimum Gasteiger partial charge on any atom is -0.477 e. The number of nitrogens with one attached hydrogen (secondary N) is 3. The highest BCUT2D eigenvalue weighted by Crippen LogP contribution is 2.40. The monoisotopic (exact) mass is 1510 g/mol. The zero-order chi connectivity index (χ0) is 76.3. The first-order chi connectivity index (χ1) is 48.5. The second-order valence-corrected chi connectivity index (χ2v) is 26.1. The largest absolute Gasteiger partial charge is 0.477 e. The fourth-order valence-electron chi connectivity index (χ4n) is 13.1. The molecule has 0 spiro atoms. The second kappa shape index (κ2) is 36.3. The van der Waals surface area contributed by atoms with Gasteiger partial charge in [-0.15, -0.1) is 0 Å². The summed E-state index contributed by atoms with van der Waals surface area (Å²) >= 11 is 0. The number of aliphatic hydroxyl groups is 23. The van der Waals surface area contributed by atoms with Crippen LogP contribution in [0.15, 0.2) is 0 Å². The number of carboxylic acid groups (broad SMARTS) is 1. The maximum atomic E-state index is 13.2. The molecule has 0 saturated carbocycles. The molecule has 3 amide bonds. The quantitative estimate of drug-likeness (QED) is 0.0363. The number of hydrogen-bond donors (Lipinski definition) is 27. The molecule has 596 valence electrons. The van der Waals surface area contributed by atoms with Crippen molar-refractivity contribution in [2.24, 2.45) is 0 Å². The number of aliphatic carboxylic acids is 1. The van der Waals surface area contributed by atoms with E-state index in [1.165, 1.54) is 6.92 Å². The van der Waals surface area contributed by atoms with Gasteiger partial charge in [0, 0.05) is 27.2 Å². The summed E-state index contributed by atoms with van der Waals surface area (Å²) in [6.07, 6.45) is -77.4. The molecule has 8 saturated heterocycles. The molecule has 41 atom stereocenters. The molecule has 0 aliphatic carbocycles. The second-order valence-electron chi connectivity index (χ2n) is 26.1. The molecule has 46 nitrogen and oxygen atoms in total. The van der Waals surface area contributed by atoms with Crippen molar-refractivity contribution < 1.29 is 213 Å². The van der Waals surface area contributed by atoms with E-state index in [-0.39, 0.29) is 0 Å². The molecule has 103 heavy (non-hydrogen) atoms. The summed E-state index contributed by atoms with van der Waals surface area (Å²) < 4.78 is 87.8. The summed E-state index contributed by atoms with van der Waals surface area (Å²) in [5.41, 5.74) is 0. The molecule has 27 N–H and O–H groups in total. The van der Waals surface area contributed by atoms with E-state index in [0.717, 1.165) is 20.8 Å². The van der Waals surface area contributed by atoms with Crippen LogP contribution in [0, 0.1) is 0 Å². The number of rotatable bonds is 27. The van der Waals surface area contributed by atoms with Gasteiger partial charge in [0.05, 0.1) is 64.5 Å². The molecule has 8 aliphatic rings. The topological polar surface area (TPSA) is 728 Å². The van der Waals surface area contributed by atoms with Crippen LogP contribution in [0.1, 0.15) is 34.1 Å². The molecule has 8 rings (SSSR count). The van der Waals surface area contributed by atoms with Crippen LogP contribution in [0.5, 0.6) is 0 Å². The number of aliphatic hydroxyl groups excluding tert-OH is 23. The highest BCUT2D eigenvalue weighted by molar-refractivity contribution is 5.77. The van der Waals surface area contributed by atoms with Gasteiger partial charge in [-0.3, -0.25) is 14.4 Å². The third-order valence-electron chi connectivity index (χ3n) is 18.8. The van der Waals surface area contributed by atoms with Gasteiger partial charge in [-0.05, 0) is 6.92 Å². The van der Waals surface area contributed by atoms with Crippen LogP contribution in [-0.2, 0) is 90.2 Å². The molecule has 0 aromatic heterocycles. The van der Waals surface area contributed by atoms with E-state index >= 15 is 0 Å². The van der Waals surface area contributed by atoms with Gasteiger partial charge >= 0.3 is 5.97 Å². The van der Waals surface area contributed by atoms with Crippen molar-refractivity contribution in [2.45, 2.75) is 285 Å². The summed E-state index contributed by atoms with van der Waals surface area (Å²) in [5, 5.41) is 269. The molecule has 0 aromatic rings. The Bertz CT molecular complexity index is 2720. The molecule has 0 bridgehead atoms. The van der Waals surface area contributed by atoms with Gasteiger partial charge in [-0.25, -0.2) is 4.79 Å². The zero-order valence-corrected chi connectivity index (χ0v) is 55.2. The van der Waals surface area contributed by atoms with E-state index in [2.05, 4.69) is 16.0 Å². The van der Waals surface area contributed by atoms with Crippen molar-refractivity contribution in [3.05, 3.63) is 0 Å². The Hall–Kier alpha value is -3.64. The van der Waals surface area contributed by atoms with Crippen molar-refractivity contribution in [1.29, 1.82) is 0 Å². The Kier molecular flexibility index (Phi) is 29.9. The minimum absolute atomic E-state index is 0.824. The van der Waals surface area contributed by atoms with E-state index < -0.39 is 327 Å². The third-order valence-corrected chi connectivity index (χ3v) is 18.8. The van der Waals surface area contributed by atoms with Crippen molar-refractivity contribution >= 4 is 23.7 Å². The van der Waals surface area contributed by atoms with Crippen molar-refractivity contribution in [3.8, 4) is 0 Å². The standard InChI is InChI=1S/C57H95N3O43/c1-13-28(71)34(77)39(82)52(91-13)101-47-27(60-16(4)68)50(94-22(10-65)45(47)100-53-40(83)35(78)30(73)19(7-62)93-53)89-11-23-32(75)48(42(85)55(96-23)99-44-20(8-63)92-49(86)38(81)37(44)80)102-51-26(59-15(3)67)33(76)43(21(9-64)95-51)98-54-41(84)36(79)31(74)24(97-54)12-90-57(56(87)88)5-17(69)25(58-14(2)66)46(103-57)29(72)18(70)6-61/h13,17-55,61-65,69-86H,5-12H2,1-4H3,(H,58,66)(H,59,67)(H,60,68)(H,87,88)/t13-,17-,18+,19+,20+,21+,22+,23+,24+,25+,26+,27+,28+,29+,30-,31-,32-,33+,34+,35-,36-,37+,38+,39-,40+,41+,42+,43+,44+,45+,46+,47+,48-,49?,50+,51-,52-,53?,54-,55-,57+/m0/s1. The average molecular weight is 1510 g/mol. The molecule has 0 radical (unpaired) electrons. The fourth-order valence-corrected chi connectivity index (χ4v) is 13.1. The number of ether oxygens (including phenoxy) is 15. The molecule has 8 fully saturated rings. The van der Waals surface area contributed by atoms with Gasteiger partial charge in [0.1, 0.15) is 183 Å². The molecule has 8 heterocycles.